The van der Waals surface area contributed by atoms with Crippen LogP contribution in [-0.2, 0) is 0 Å². The highest BCUT2D eigenvalue weighted by Crippen LogP contribution is 2.35. The molecule has 5 rings (SSSR count). The molecule has 0 atom stereocenters. The summed E-state index contributed by atoms with van der Waals surface area (Å²) in [7, 11) is 0. The minimum absolute atomic E-state index is 0.310. The minimum atomic E-state index is -0.923. The standard InChI is InChI=1S/C25H22N4O2/c30-25(31)20-16-19(8-9-21(20)29-14-4-5-15-29)23-22(17-10-12-26-13-11-17)27-24(28-23)18-6-2-1-3-7-18/h1-3,6-13,16H,4-5,14-15H2,(H,27,28)(H,30,31). The third-order valence-electron chi connectivity index (χ3n) is 5.67. The van der Waals surface area contributed by atoms with Gasteiger partial charge in [-0.1, -0.05) is 36.4 Å². The number of carboxylic acids is 1. The Morgan fingerprint density at radius 1 is 0.903 bits per heavy atom. The number of aromatic nitrogens is 3. The van der Waals surface area contributed by atoms with Gasteiger partial charge in [-0.25, -0.2) is 9.78 Å². The summed E-state index contributed by atoms with van der Waals surface area (Å²) in [6.07, 6.45) is 5.65. The van der Waals surface area contributed by atoms with Gasteiger partial charge in [0.15, 0.2) is 0 Å². The van der Waals surface area contributed by atoms with Crippen molar-refractivity contribution < 1.29 is 9.90 Å². The number of imidazole rings is 1. The van der Waals surface area contributed by atoms with E-state index >= 15 is 0 Å². The molecule has 2 aromatic heterocycles. The van der Waals surface area contributed by atoms with Crippen LogP contribution in [0.1, 0.15) is 23.2 Å². The molecule has 6 nitrogen and oxygen atoms in total. The average Bonchev–Trinajstić information content (AvgIpc) is 3.50. The fraction of sp³-hybridized carbons (Fsp3) is 0.160. The Morgan fingerprint density at radius 3 is 2.35 bits per heavy atom. The predicted octanol–water partition coefficient (Wildman–Crippen LogP) is 5.10. The van der Waals surface area contributed by atoms with Crippen LogP contribution in [0.2, 0.25) is 0 Å². The lowest BCUT2D eigenvalue weighted by Gasteiger charge is -2.20. The summed E-state index contributed by atoms with van der Waals surface area (Å²) >= 11 is 0. The summed E-state index contributed by atoms with van der Waals surface area (Å²) in [5, 5.41) is 9.90. The molecule has 1 saturated heterocycles. The first kappa shape index (κ1) is 19.1. The zero-order chi connectivity index (χ0) is 21.2. The topological polar surface area (TPSA) is 82.1 Å². The first-order valence-corrected chi connectivity index (χ1v) is 10.4. The fourth-order valence-corrected chi connectivity index (χ4v) is 4.13. The molecule has 31 heavy (non-hydrogen) atoms. The maximum Gasteiger partial charge on any atom is 0.337 e. The van der Waals surface area contributed by atoms with Crippen LogP contribution in [0, 0.1) is 0 Å². The van der Waals surface area contributed by atoms with Crippen LogP contribution in [-0.4, -0.2) is 39.1 Å². The Morgan fingerprint density at radius 2 is 1.65 bits per heavy atom. The van der Waals surface area contributed by atoms with Gasteiger partial charge in [-0.15, -0.1) is 0 Å². The van der Waals surface area contributed by atoms with Gasteiger partial charge < -0.3 is 15.0 Å². The molecular weight excluding hydrogens is 388 g/mol. The van der Waals surface area contributed by atoms with Gasteiger partial charge >= 0.3 is 5.97 Å². The van der Waals surface area contributed by atoms with Crippen LogP contribution in [0.4, 0.5) is 5.69 Å². The molecule has 1 aliphatic rings. The first-order valence-electron chi connectivity index (χ1n) is 10.4. The molecule has 154 valence electrons. The number of pyridine rings is 1. The molecule has 3 heterocycles. The van der Waals surface area contributed by atoms with Crippen molar-refractivity contribution in [1.29, 1.82) is 0 Å². The number of aromatic carboxylic acids is 1. The normalized spacial score (nSPS) is 13.5. The number of aromatic amines is 1. The molecule has 1 aliphatic heterocycles. The number of nitrogens with zero attached hydrogens (tertiary/aromatic N) is 3. The minimum Gasteiger partial charge on any atom is -0.478 e. The van der Waals surface area contributed by atoms with Gasteiger partial charge in [0.05, 0.1) is 22.6 Å². The van der Waals surface area contributed by atoms with Crippen LogP contribution in [0.25, 0.3) is 33.9 Å². The molecule has 0 radical (unpaired) electrons. The molecule has 0 aliphatic carbocycles. The highest BCUT2D eigenvalue weighted by Gasteiger charge is 2.22. The van der Waals surface area contributed by atoms with E-state index in [1.165, 1.54) is 0 Å². The van der Waals surface area contributed by atoms with Crippen molar-refractivity contribution in [3.63, 3.8) is 0 Å². The second kappa shape index (κ2) is 8.07. The van der Waals surface area contributed by atoms with Gasteiger partial charge in [-0.2, -0.15) is 0 Å². The molecule has 0 spiro atoms. The van der Waals surface area contributed by atoms with E-state index < -0.39 is 5.97 Å². The molecule has 4 aromatic rings. The van der Waals surface area contributed by atoms with Gasteiger partial charge in [0.25, 0.3) is 0 Å². The first-order chi connectivity index (χ1) is 15.2. The van der Waals surface area contributed by atoms with Crippen molar-refractivity contribution in [3.05, 3.63) is 78.6 Å². The fourth-order valence-electron chi connectivity index (χ4n) is 4.13. The lowest BCUT2D eigenvalue weighted by Crippen LogP contribution is -2.20. The lowest BCUT2D eigenvalue weighted by molar-refractivity contribution is 0.0697. The van der Waals surface area contributed by atoms with Crippen molar-refractivity contribution in [2.24, 2.45) is 0 Å². The summed E-state index contributed by atoms with van der Waals surface area (Å²) in [5.41, 5.74) is 5.33. The van der Waals surface area contributed by atoms with Gasteiger partial charge in [-0.3, -0.25) is 4.98 Å². The summed E-state index contributed by atoms with van der Waals surface area (Å²) in [6, 6.07) is 19.4. The van der Waals surface area contributed by atoms with Crippen LogP contribution in [0.3, 0.4) is 0 Å². The van der Waals surface area contributed by atoms with E-state index in [1.807, 2.05) is 54.6 Å². The summed E-state index contributed by atoms with van der Waals surface area (Å²) in [4.78, 5) is 26.7. The van der Waals surface area contributed by atoms with E-state index in [9.17, 15) is 9.90 Å². The highest BCUT2D eigenvalue weighted by atomic mass is 16.4. The monoisotopic (exact) mass is 410 g/mol. The van der Waals surface area contributed by atoms with Gasteiger partial charge in [0.2, 0.25) is 0 Å². The van der Waals surface area contributed by atoms with Gasteiger partial charge in [-0.05, 0) is 37.1 Å². The third kappa shape index (κ3) is 3.68. The number of carboxylic acid groups (broad SMARTS) is 1. The molecule has 0 unspecified atom stereocenters. The summed E-state index contributed by atoms with van der Waals surface area (Å²) < 4.78 is 0. The number of nitrogens with one attached hydrogen (secondary N) is 1. The van der Waals surface area contributed by atoms with Crippen molar-refractivity contribution in [2.75, 3.05) is 18.0 Å². The number of anilines is 1. The smallest absolute Gasteiger partial charge is 0.337 e. The van der Waals surface area contributed by atoms with Crippen molar-refractivity contribution in [1.82, 2.24) is 15.0 Å². The predicted molar refractivity (Wildman–Crippen MR) is 121 cm³/mol. The number of rotatable bonds is 5. The zero-order valence-electron chi connectivity index (χ0n) is 17.0. The molecule has 6 heteroatoms. The lowest BCUT2D eigenvalue weighted by atomic mass is 10.0. The maximum atomic E-state index is 12.1. The van der Waals surface area contributed by atoms with E-state index in [1.54, 1.807) is 18.5 Å². The molecule has 2 N–H and O–H groups in total. The van der Waals surface area contributed by atoms with Crippen molar-refractivity contribution in [3.8, 4) is 33.9 Å². The van der Waals surface area contributed by atoms with Crippen LogP contribution < -0.4 is 4.90 Å². The third-order valence-corrected chi connectivity index (χ3v) is 5.67. The van der Waals surface area contributed by atoms with E-state index in [0.29, 0.717) is 5.56 Å². The van der Waals surface area contributed by atoms with Crippen LogP contribution in [0.5, 0.6) is 0 Å². The van der Waals surface area contributed by atoms with Crippen LogP contribution >= 0.6 is 0 Å². The Bertz CT molecular complexity index is 1210. The number of H-pyrrole nitrogens is 1. The average molecular weight is 410 g/mol. The molecule has 0 saturated carbocycles. The number of hydrogen-bond donors (Lipinski definition) is 2. The van der Waals surface area contributed by atoms with Gasteiger partial charge in [0, 0.05) is 42.2 Å². The second-order valence-electron chi connectivity index (χ2n) is 7.64. The quantitative estimate of drug-likeness (QED) is 0.478. The SMILES string of the molecule is O=C(O)c1cc(-c2nc(-c3ccccc3)[nH]c2-c2ccncc2)ccc1N1CCCC1. The van der Waals surface area contributed by atoms with Crippen LogP contribution in [0.15, 0.2) is 73.1 Å². The highest BCUT2D eigenvalue weighted by molar-refractivity contribution is 5.97. The van der Waals surface area contributed by atoms with Gasteiger partial charge in [0.1, 0.15) is 5.82 Å². The largest absolute Gasteiger partial charge is 0.478 e. The Labute approximate surface area is 180 Å². The van der Waals surface area contributed by atoms with E-state index in [4.69, 9.17) is 4.98 Å². The molecule has 2 aromatic carbocycles. The number of benzene rings is 2. The maximum absolute atomic E-state index is 12.1. The zero-order valence-corrected chi connectivity index (χ0v) is 17.0. The molecule has 0 bridgehead atoms. The Hall–Kier alpha value is -3.93. The van der Waals surface area contributed by atoms with E-state index in [-0.39, 0.29) is 0 Å². The summed E-state index contributed by atoms with van der Waals surface area (Å²) in [6.45, 7) is 1.78. The number of hydrogen-bond acceptors (Lipinski definition) is 4. The summed E-state index contributed by atoms with van der Waals surface area (Å²) in [5.74, 6) is -0.184. The number of carbonyl (C=O) groups is 1. The molecular formula is C25H22N4O2. The Kier molecular flexibility index (Phi) is 4.96. The Balaban J connectivity index is 1.66. The second-order valence-corrected chi connectivity index (χ2v) is 7.64. The van der Waals surface area contributed by atoms with Crippen molar-refractivity contribution in [2.45, 2.75) is 12.8 Å². The molecule has 0 amide bonds. The van der Waals surface area contributed by atoms with E-state index in [0.717, 1.165) is 65.5 Å². The molecule has 1 fully saturated rings. The van der Waals surface area contributed by atoms with E-state index in [2.05, 4.69) is 14.9 Å². The van der Waals surface area contributed by atoms with Crippen molar-refractivity contribution >= 4 is 11.7 Å².